The van der Waals surface area contributed by atoms with Gasteiger partial charge >= 0.3 is 17.9 Å². The Morgan fingerprint density at radius 3 is 2.43 bits per heavy atom. The maximum Gasteiger partial charge on any atom is 0.356 e. The highest BCUT2D eigenvalue weighted by molar-refractivity contribution is 6.42. The van der Waals surface area contributed by atoms with E-state index in [-0.39, 0.29) is 31.8 Å². The summed E-state index contributed by atoms with van der Waals surface area (Å²) in [6.45, 7) is 4.84. The predicted molar refractivity (Wildman–Crippen MR) is 98.1 cm³/mol. The molecule has 1 aliphatic rings. The van der Waals surface area contributed by atoms with Gasteiger partial charge in [0.05, 0.1) is 19.6 Å². The number of benzene rings is 1. The van der Waals surface area contributed by atoms with Crippen LogP contribution in [0.25, 0.3) is 0 Å². The van der Waals surface area contributed by atoms with E-state index in [4.69, 9.17) is 19.6 Å². The van der Waals surface area contributed by atoms with Crippen molar-refractivity contribution >= 4 is 35.2 Å². The van der Waals surface area contributed by atoms with Crippen molar-refractivity contribution in [2.45, 2.75) is 32.6 Å². The van der Waals surface area contributed by atoms with E-state index in [0.717, 1.165) is 0 Å². The number of hydrogen-bond acceptors (Lipinski definition) is 8. The number of rotatable bonds is 8. The van der Waals surface area contributed by atoms with Crippen molar-refractivity contribution in [2.24, 2.45) is 0 Å². The molecule has 1 heterocycles. The Morgan fingerprint density at radius 1 is 1.11 bits per heavy atom. The van der Waals surface area contributed by atoms with Gasteiger partial charge in [0, 0.05) is 16.8 Å². The van der Waals surface area contributed by atoms with Crippen LogP contribution in [-0.4, -0.2) is 49.3 Å². The van der Waals surface area contributed by atoms with Crippen LogP contribution in [0.4, 0.5) is 5.69 Å². The first kappa shape index (κ1) is 21.1. The quantitative estimate of drug-likeness (QED) is 0.296. The molecule has 0 aromatic heterocycles. The van der Waals surface area contributed by atoms with Gasteiger partial charge in [0.15, 0.2) is 5.41 Å². The Labute approximate surface area is 161 Å². The second-order valence-corrected chi connectivity index (χ2v) is 6.13. The number of ether oxygens (including phenoxy) is 3. The summed E-state index contributed by atoms with van der Waals surface area (Å²) in [4.78, 5) is 48.0. The van der Waals surface area contributed by atoms with E-state index in [9.17, 15) is 19.2 Å². The third kappa shape index (κ3) is 4.03. The molecule has 0 saturated heterocycles. The molecule has 1 amide bonds. The zero-order valence-electron chi connectivity index (χ0n) is 15.9. The maximum atomic E-state index is 12.3. The summed E-state index contributed by atoms with van der Waals surface area (Å²) >= 11 is 0. The first-order valence-corrected chi connectivity index (χ1v) is 8.80. The molecule has 1 aromatic carbocycles. The van der Waals surface area contributed by atoms with Crippen LogP contribution in [0.5, 0.6) is 0 Å². The number of carbonyl (C=O) groups is 4. The van der Waals surface area contributed by atoms with Crippen LogP contribution >= 0.6 is 0 Å². The molecule has 1 aromatic rings. The van der Waals surface area contributed by atoms with Gasteiger partial charge < -0.3 is 19.5 Å². The van der Waals surface area contributed by atoms with E-state index < -0.39 is 34.9 Å². The summed E-state index contributed by atoms with van der Waals surface area (Å²) in [6.07, 6.45) is -0.115. The fourth-order valence-electron chi connectivity index (χ4n) is 2.72. The molecule has 1 aliphatic heterocycles. The number of carbonyl (C=O) groups excluding carboxylic acids is 4. The lowest BCUT2D eigenvalue weighted by atomic mass is 9.83. The monoisotopic (exact) mass is 390 g/mol. The second kappa shape index (κ2) is 8.64. The van der Waals surface area contributed by atoms with Crippen LogP contribution in [-0.2, 0) is 38.8 Å². The molecule has 2 rings (SSSR count). The van der Waals surface area contributed by atoms with Gasteiger partial charge in [0.1, 0.15) is 12.3 Å². The molecule has 1 unspecified atom stereocenters. The van der Waals surface area contributed by atoms with Gasteiger partial charge in [-0.2, -0.15) is 0 Å². The van der Waals surface area contributed by atoms with Crippen molar-refractivity contribution in [3.8, 4) is 0 Å². The molecule has 1 atom stereocenters. The molecule has 0 aliphatic carbocycles. The van der Waals surface area contributed by atoms with Crippen molar-refractivity contribution in [2.75, 3.05) is 25.1 Å². The Kier molecular flexibility index (Phi) is 6.50. The summed E-state index contributed by atoms with van der Waals surface area (Å²) < 4.78 is 14.7. The number of nitrogens with one attached hydrogen (secondary N) is 2. The number of esters is 3. The van der Waals surface area contributed by atoms with Crippen LogP contribution < -0.4 is 5.32 Å². The fourth-order valence-corrected chi connectivity index (χ4v) is 2.72. The topological polar surface area (TPSA) is 132 Å². The van der Waals surface area contributed by atoms with Crippen molar-refractivity contribution in [1.82, 2.24) is 0 Å². The summed E-state index contributed by atoms with van der Waals surface area (Å²) in [5, 5.41) is 10.6. The fraction of sp³-hybridized carbons (Fsp3) is 0.421. The van der Waals surface area contributed by atoms with E-state index in [0.29, 0.717) is 11.3 Å². The van der Waals surface area contributed by atoms with Gasteiger partial charge in [-0.1, -0.05) is 6.07 Å². The van der Waals surface area contributed by atoms with Crippen LogP contribution in [0, 0.1) is 5.41 Å². The average molecular weight is 390 g/mol. The SMILES string of the molecule is CCOC(=O)CCOC(=O)C(=N)c1ccc2c(c1)C(C)(C(=O)OCC)C(=O)N2. The second-order valence-electron chi connectivity index (χ2n) is 6.13. The van der Waals surface area contributed by atoms with Gasteiger partial charge in [-0.15, -0.1) is 0 Å². The third-order valence-corrected chi connectivity index (χ3v) is 4.28. The molecule has 2 N–H and O–H groups in total. The zero-order valence-corrected chi connectivity index (χ0v) is 15.9. The minimum atomic E-state index is -1.57. The normalized spacial score (nSPS) is 17.3. The average Bonchev–Trinajstić information content (AvgIpc) is 2.92. The number of fused-ring (bicyclic) bond motifs is 1. The van der Waals surface area contributed by atoms with Crippen molar-refractivity contribution < 1.29 is 33.4 Å². The highest BCUT2D eigenvalue weighted by Crippen LogP contribution is 2.39. The van der Waals surface area contributed by atoms with Gasteiger partial charge in [-0.05, 0) is 32.9 Å². The Bertz CT molecular complexity index is 834. The minimum Gasteiger partial charge on any atom is -0.466 e. The van der Waals surface area contributed by atoms with Gasteiger partial charge in [-0.25, -0.2) is 4.79 Å². The van der Waals surface area contributed by atoms with Crippen LogP contribution in [0.1, 0.15) is 38.3 Å². The van der Waals surface area contributed by atoms with Gasteiger partial charge in [0.25, 0.3) is 0 Å². The van der Waals surface area contributed by atoms with Crippen molar-refractivity contribution in [3.05, 3.63) is 29.3 Å². The first-order valence-electron chi connectivity index (χ1n) is 8.80. The molecular weight excluding hydrogens is 368 g/mol. The molecule has 28 heavy (non-hydrogen) atoms. The van der Waals surface area contributed by atoms with Gasteiger partial charge in [0.2, 0.25) is 5.91 Å². The summed E-state index contributed by atoms with van der Waals surface area (Å²) in [7, 11) is 0. The molecule has 0 spiro atoms. The highest BCUT2D eigenvalue weighted by atomic mass is 16.5. The zero-order chi connectivity index (χ0) is 20.9. The van der Waals surface area contributed by atoms with E-state index in [1.165, 1.54) is 25.1 Å². The Balaban J connectivity index is 2.16. The molecular formula is C19H22N2O7. The molecule has 9 nitrogen and oxygen atoms in total. The van der Waals surface area contributed by atoms with Crippen molar-refractivity contribution in [1.29, 1.82) is 5.41 Å². The standard InChI is InChI=1S/C19H22N2O7/c1-4-26-14(22)8-9-28-16(23)15(20)11-6-7-13-12(10-11)19(3,17(24)21-13)18(25)27-5-2/h6-7,10,20H,4-5,8-9H2,1-3H3,(H,21,24). The summed E-state index contributed by atoms with van der Waals surface area (Å²) in [6, 6.07) is 4.39. The smallest absolute Gasteiger partial charge is 0.356 e. The van der Waals surface area contributed by atoms with Crippen LogP contribution in [0.15, 0.2) is 18.2 Å². The largest absolute Gasteiger partial charge is 0.466 e. The lowest BCUT2D eigenvalue weighted by Gasteiger charge is -2.20. The van der Waals surface area contributed by atoms with Crippen LogP contribution in [0.3, 0.4) is 0 Å². The number of hydrogen-bond donors (Lipinski definition) is 2. The lowest BCUT2D eigenvalue weighted by Crippen LogP contribution is -2.41. The van der Waals surface area contributed by atoms with E-state index in [1.54, 1.807) is 13.8 Å². The minimum absolute atomic E-state index is 0.110. The van der Waals surface area contributed by atoms with E-state index in [1.807, 2.05) is 0 Å². The molecule has 0 fully saturated rings. The molecule has 9 heteroatoms. The Hall–Kier alpha value is -3.23. The van der Waals surface area contributed by atoms with Crippen molar-refractivity contribution in [3.63, 3.8) is 0 Å². The number of amides is 1. The van der Waals surface area contributed by atoms with Gasteiger partial charge in [-0.3, -0.25) is 19.8 Å². The lowest BCUT2D eigenvalue weighted by molar-refractivity contribution is -0.152. The highest BCUT2D eigenvalue weighted by Gasteiger charge is 2.50. The maximum absolute atomic E-state index is 12.3. The Morgan fingerprint density at radius 2 is 1.79 bits per heavy atom. The number of anilines is 1. The van der Waals surface area contributed by atoms with E-state index in [2.05, 4.69) is 5.32 Å². The first-order chi connectivity index (χ1) is 13.2. The van der Waals surface area contributed by atoms with Crippen LogP contribution in [0.2, 0.25) is 0 Å². The summed E-state index contributed by atoms with van der Waals surface area (Å²) in [5.41, 5.74) is -1.13. The molecule has 0 bridgehead atoms. The molecule has 0 saturated carbocycles. The summed E-state index contributed by atoms with van der Waals surface area (Å²) in [5.74, 6) is -2.69. The van der Waals surface area contributed by atoms with E-state index >= 15 is 0 Å². The predicted octanol–water partition coefficient (Wildman–Crippen LogP) is 1.32. The third-order valence-electron chi connectivity index (χ3n) is 4.28. The molecule has 0 radical (unpaired) electrons. The molecule has 150 valence electrons.